The van der Waals surface area contributed by atoms with Crippen LogP contribution in [0.25, 0.3) is 22.5 Å². The van der Waals surface area contributed by atoms with E-state index in [9.17, 15) is 4.79 Å². The fourth-order valence-electron chi connectivity index (χ4n) is 3.41. The number of benzene rings is 2. The fraction of sp³-hybridized carbons (Fsp3) is 0.304. The van der Waals surface area contributed by atoms with Crippen LogP contribution in [-0.2, 0) is 9.53 Å². The number of aromatic amines is 1. The van der Waals surface area contributed by atoms with Gasteiger partial charge in [0.15, 0.2) is 5.16 Å². The zero-order valence-corrected chi connectivity index (χ0v) is 17.2. The van der Waals surface area contributed by atoms with Crippen LogP contribution < -0.4 is 5.32 Å². The van der Waals surface area contributed by atoms with Gasteiger partial charge in [-0.05, 0) is 19.8 Å². The monoisotopic (exact) mass is 407 g/mol. The number of imidazole rings is 1. The van der Waals surface area contributed by atoms with E-state index in [4.69, 9.17) is 9.72 Å². The minimum absolute atomic E-state index is 0.00409. The molecule has 3 aromatic rings. The Kier molecular flexibility index (Phi) is 6.32. The van der Waals surface area contributed by atoms with Crippen molar-refractivity contribution >= 4 is 17.7 Å². The quantitative estimate of drug-likeness (QED) is 0.565. The van der Waals surface area contributed by atoms with Crippen molar-refractivity contribution in [1.82, 2.24) is 15.3 Å². The van der Waals surface area contributed by atoms with Gasteiger partial charge in [0.2, 0.25) is 5.91 Å². The standard InChI is InChI=1S/C23H25N3O2S/c1-16(22(27)24-15-19-13-8-14-28-19)29-23-25-20(17-9-4-2-5-10-17)21(26-23)18-11-6-3-7-12-18/h2-7,9-12,16,19H,8,13-15H2,1H3,(H,24,27)(H,25,26)/t16-,19+/m1/s1. The molecule has 0 bridgehead atoms. The summed E-state index contributed by atoms with van der Waals surface area (Å²) in [5.41, 5.74) is 3.98. The van der Waals surface area contributed by atoms with Gasteiger partial charge >= 0.3 is 0 Å². The summed E-state index contributed by atoms with van der Waals surface area (Å²) in [6, 6.07) is 20.3. The molecule has 0 radical (unpaired) electrons. The van der Waals surface area contributed by atoms with Crippen LogP contribution in [0.2, 0.25) is 0 Å². The van der Waals surface area contributed by atoms with Gasteiger partial charge in [-0.25, -0.2) is 4.98 Å². The second-order valence-corrected chi connectivity index (χ2v) is 8.47. The molecule has 2 atom stereocenters. The Hall–Kier alpha value is -2.57. The normalized spacial score (nSPS) is 17.2. The van der Waals surface area contributed by atoms with Crippen molar-refractivity contribution in [2.24, 2.45) is 0 Å². The summed E-state index contributed by atoms with van der Waals surface area (Å²) < 4.78 is 5.58. The van der Waals surface area contributed by atoms with E-state index < -0.39 is 0 Å². The number of thioether (sulfide) groups is 1. The predicted octanol–water partition coefficient (Wildman–Crippen LogP) is 4.52. The van der Waals surface area contributed by atoms with Crippen molar-refractivity contribution in [3.8, 4) is 22.5 Å². The molecule has 5 nitrogen and oxygen atoms in total. The average molecular weight is 408 g/mol. The van der Waals surface area contributed by atoms with Crippen LogP contribution in [0.4, 0.5) is 0 Å². The lowest BCUT2D eigenvalue weighted by Gasteiger charge is -2.13. The van der Waals surface area contributed by atoms with Crippen LogP contribution >= 0.6 is 11.8 Å². The third kappa shape index (κ3) is 4.89. The zero-order chi connectivity index (χ0) is 20.1. The molecular weight excluding hydrogens is 382 g/mol. The van der Waals surface area contributed by atoms with Gasteiger partial charge in [-0.2, -0.15) is 0 Å². The molecule has 1 fully saturated rings. The number of aromatic nitrogens is 2. The van der Waals surface area contributed by atoms with Gasteiger partial charge in [-0.3, -0.25) is 4.79 Å². The maximum absolute atomic E-state index is 12.5. The molecule has 0 saturated carbocycles. The number of nitrogens with zero attached hydrogens (tertiary/aromatic N) is 1. The van der Waals surface area contributed by atoms with E-state index in [0.717, 1.165) is 47.1 Å². The number of hydrogen-bond donors (Lipinski definition) is 2. The average Bonchev–Trinajstić information content (AvgIpc) is 3.43. The van der Waals surface area contributed by atoms with Crippen molar-refractivity contribution in [2.75, 3.05) is 13.2 Å². The van der Waals surface area contributed by atoms with E-state index in [-0.39, 0.29) is 17.3 Å². The summed E-state index contributed by atoms with van der Waals surface area (Å²) in [6.07, 6.45) is 2.23. The van der Waals surface area contributed by atoms with Crippen LogP contribution in [0.15, 0.2) is 65.8 Å². The number of carbonyl (C=O) groups excluding carboxylic acids is 1. The summed E-state index contributed by atoms with van der Waals surface area (Å²) in [4.78, 5) is 20.8. The number of H-pyrrole nitrogens is 1. The molecule has 1 aliphatic rings. The lowest BCUT2D eigenvalue weighted by atomic mass is 10.1. The second-order valence-electron chi connectivity index (χ2n) is 7.14. The van der Waals surface area contributed by atoms with Crippen LogP contribution in [0.5, 0.6) is 0 Å². The molecule has 2 N–H and O–H groups in total. The van der Waals surface area contributed by atoms with Crippen molar-refractivity contribution in [3.63, 3.8) is 0 Å². The molecule has 0 spiro atoms. The Morgan fingerprint density at radius 2 is 1.86 bits per heavy atom. The van der Waals surface area contributed by atoms with E-state index in [1.54, 1.807) is 0 Å². The Morgan fingerprint density at radius 1 is 1.17 bits per heavy atom. The molecular formula is C23H25N3O2S. The zero-order valence-electron chi connectivity index (χ0n) is 16.4. The number of nitrogens with one attached hydrogen (secondary N) is 2. The van der Waals surface area contributed by atoms with E-state index >= 15 is 0 Å². The van der Waals surface area contributed by atoms with Crippen molar-refractivity contribution in [1.29, 1.82) is 0 Å². The smallest absolute Gasteiger partial charge is 0.233 e. The van der Waals surface area contributed by atoms with Gasteiger partial charge in [0.1, 0.15) is 0 Å². The Labute approximate surface area is 175 Å². The topological polar surface area (TPSA) is 67.0 Å². The number of carbonyl (C=O) groups is 1. The van der Waals surface area contributed by atoms with E-state index in [1.807, 2.05) is 43.3 Å². The highest BCUT2D eigenvalue weighted by Crippen LogP contribution is 2.33. The number of hydrogen-bond acceptors (Lipinski definition) is 4. The van der Waals surface area contributed by atoms with Gasteiger partial charge in [-0.15, -0.1) is 0 Å². The fourth-order valence-corrected chi connectivity index (χ4v) is 4.24. The Balaban J connectivity index is 1.51. The summed E-state index contributed by atoms with van der Waals surface area (Å²) in [7, 11) is 0. The van der Waals surface area contributed by atoms with E-state index in [0.29, 0.717) is 6.54 Å². The van der Waals surface area contributed by atoms with Gasteiger partial charge in [0, 0.05) is 24.3 Å². The van der Waals surface area contributed by atoms with Crippen LogP contribution in [-0.4, -0.2) is 40.4 Å². The number of ether oxygens (including phenoxy) is 1. The van der Waals surface area contributed by atoms with Gasteiger partial charge in [-0.1, -0.05) is 72.4 Å². The SMILES string of the molecule is C[C@@H](Sc1nc(-c2ccccc2)c(-c2ccccc2)[nH]1)C(=O)NC[C@@H]1CCCO1. The first-order valence-corrected chi connectivity index (χ1v) is 10.9. The van der Waals surface area contributed by atoms with Gasteiger partial charge in [0.05, 0.1) is 22.7 Å². The van der Waals surface area contributed by atoms with Crippen LogP contribution in [0, 0.1) is 0 Å². The molecule has 6 heteroatoms. The molecule has 1 amide bonds. The highest BCUT2D eigenvalue weighted by molar-refractivity contribution is 8.00. The predicted molar refractivity (Wildman–Crippen MR) is 117 cm³/mol. The number of amides is 1. The summed E-state index contributed by atoms with van der Waals surface area (Å²) >= 11 is 1.44. The summed E-state index contributed by atoms with van der Waals surface area (Å²) in [6.45, 7) is 3.27. The van der Waals surface area contributed by atoms with Crippen LogP contribution in [0.3, 0.4) is 0 Å². The minimum atomic E-state index is -0.255. The summed E-state index contributed by atoms with van der Waals surface area (Å²) in [5, 5.41) is 3.49. The molecule has 150 valence electrons. The Bertz CT molecular complexity index is 880. The maximum atomic E-state index is 12.5. The van der Waals surface area contributed by atoms with E-state index in [1.165, 1.54) is 11.8 Å². The molecule has 1 saturated heterocycles. The summed E-state index contributed by atoms with van der Waals surface area (Å²) in [5.74, 6) is 0.00409. The minimum Gasteiger partial charge on any atom is -0.376 e. The first-order valence-electron chi connectivity index (χ1n) is 9.97. The highest BCUT2D eigenvalue weighted by atomic mass is 32.2. The van der Waals surface area contributed by atoms with Crippen molar-refractivity contribution < 1.29 is 9.53 Å². The molecule has 0 unspecified atom stereocenters. The molecule has 1 aromatic heterocycles. The second kappa shape index (κ2) is 9.29. The van der Waals surface area contributed by atoms with Crippen molar-refractivity contribution in [3.05, 3.63) is 60.7 Å². The van der Waals surface area contributed by atoms with Gasteiger partial charge in [0.25, 0.3) is 0 Å². The molecule has 2 heterocycles. The first-order chi connectivity index (χ1) is 14.2. The third-order valence-corrected chi connectivity index (χ3v) is 5.96. The number of rotatable bonds is 7. The van der Waals surface area contributed by atoms with Crippen molar-refractivity contribution in [2.45, 2.75) is 36.3 Å². The maximum Gasteiger partial charge on any atom is 0.233 e. The molecule has 2 aromatic carbocycles. The largest absolute Gasteiger partial charge is 0.376 e. The van der Waals surface area contributed by atoms with Gasteiger partial charge < -0.3 is 15.0 Å². The lowest BCUT2D eigenvalue weighted by molar-refractivity contribution is -0.120. The lowest BCUT2D eigenvalue weighted by Crippen LogP contribution is -2.36. The molecule has 4 rings (SSSR count). The molecule has 0 aliphatic carbocycles. The highest BCUT2D eigenvalue weighted by Gasteiger charge is 2.21. The molecule has 29 heavy (non-hydrogen) atoms. The molecule has 1 aliphatic heterocycles. The van der Waals surface area contributed by atoms with Crippen LogP contribution in [0.1, 0.15) is 19.8 Å². The first kappa shape index (κ1) is 19.7. The van der Waals surface area contributed by atoms with E-state index in [2.05, 4.69) is 34.6 Å². The third-order valence-electron chi connectivity index (χ3n) is 4.98. The Morgan fingerprint density at radius 3 is 2.52 bits per heavy atom.